The molecule has 4 unspecified atom stereocenters. The van der Waals surface area contributed by atoms with Crippen LogP contribution in [0.4, 0.5) is 0 Å². The zero-order chi connectivity index (χ0) is 24.8. The van der Waals surface area contributed by atoms with Gasteiger partial charge in [0.1, 0.15) is 12.2 Å². The van der Waals surface area contributed by atoms with Gasteiger partial charge in [-0.3, -0.25) is 0 Å². The zero-order valence-corrected chi connectivity index (χ0v) is 23.3. The van der Waals surface area contributed by atoms with E-state index in [1.165, 1.54) is 116 Å². The average molecular weight is 499 g/mol. The summed E-state index contributed by atoms with van der Waals surface area (Å²) in [6.45, 7) is 7.00. The highest BCUT2D eigenvalue weighted by atomic mass is 16.7. The third-order valence-corrected chi connectivity index (χ3v) is 7.32. The lowest BCUT2D eigenvalue weighted by Crippen LogP contribution is -2.25. The standard InChI is InChI=1S/C30H58O5/c1-3-5-7-9-11-13-15-17-19-21-29-32-25-27(34-29)23-31-24-28-26-33-30(35-28)22-20-18-16-14-12-10-8-6-4-2/h27-30H,3-26H2,1-2H3. The first-order valence-corrected chi connectivity index (χ1v) is 15.4. The summed E-state index contributed by atoms with van der Waals surface area (Å²) in [4.78, 5) is 0. The Hall–Kier alpha value is -0.200. The van der Waals surface area contributed by atoms with Crippen molar-refractivity contribution in [2.45, 2.75) is 167 Å². The molecule has 2 saturated heterocycles. The predicted molar refractivity (Wildman–Crippen MR) is 144 cm³/mol. The van der Waals surface area contributed by atoms with Crippen molar-refractivity contribution in [2.24, 2.45) is 0 Å². The molecule has 0 aliphatic carbocycles. The Morgan fingerprint density at radius 3 is 1.20 bits per heavy atom. The van der Waals surface area contributed by atoms with E-state index >= 15 is 0 Å². The molecule has 0 aromatic rings. The van der Waals surface area contributed by atoms with Gasteiger partial charge in [0.05, 0.1) is 26.4 Å². The summed E-state index contributed by atoms with van der Waals surface area (Å²) in [5.41, 5.74) is 0. The van der Waals surface area contributed by atoms with Crippen molar-refractivity contribution in [3.63, 3.8) is 0 Å². The molecule has 2 heterocycles. The maximum absolute atomic E-state index is 6.01. The molecule has 0 radical (unpaired) electrons. The van der Waals surface area contributed by atoms with Crippen molar-refractivity contribution in [2.75, 3.05) is 26.4 Å². The summed E-state index contributed by atoms with van der Waals surface area (Å²) < 4.78 is 29.5. The summed E-state index contributed by atoms with van der Waals surface area (Å²) in [6.07, 6.45) is 26.3. The van der Waals surface area contributed by atoms with Crippen molar-refractivity contribution in [3.8, 4) is 0 Å². The molecular formula is C30H58O5. The third kappa shape index (κ3) is 16.3. The predicted octanol–water partition coefficient (Wildman–Crippen LogP) is 8.33. The van der Waals surface area contributed by atoms with Gasteiger partial charge in [-0.1, -0.05) is 117 Å². The smallest absolute Gasteiger partial charge is 0.158 e. The second-order valence-electron chi connectivity index (χ2n) is 10.8. The first-order chi connectivity index (χ1) is 17.3. The molecule has 4 atom stereocenters. The quantitative estimate of drug-likeness (QED) is 0.125. The number of ether oxygens (including phenoxy) is 5. The Balaban J connectivity index is 1.35. The van der Waals surface area contributed by atoms with E-state index < -0.39 is 0 Å². The molecule has 5 heteroatoms. The molecule has 2 aliphatic heterocycles. The van der Waals surface area contributed by atoms with E-state index in [9.17, 15) is 0 Å². The van der Waals surface area contributed by atoms with Gasteiger partial charge in [0.15, 0.2) is 12.6 Å². The first kappa shape index (κ1) is 31.0. The van der Waals surface area contributed by atoms with Crippen LogP contribution in [0.3, 0.4) is 0 Å². The summed E-state index contributed by atoms with van der Waals surface area (Å²) >= 11 is 0. The van der Waals surface area contributed by atoms with Crippen molar-refractivity contribution < 1.29 is 23.7 Å². The molecule has 5 nitrogen and oxygen atoms in total. The van der Waals surface area contributed by atoms with Crippen LogP contribution in [-0.4, -0.2) is 51.2 Å². The highest BCUT2D eigenvalue weighted by Crippen LogP contribution is 2.21. The van der Waals surface area contributed by atoms with Crippen LogP contribution < -0.4 is 0 Å². The van der Waals surface area contributed by atoms with Gasteiger partial charge in [-0.2, -0.15) is 0 Å². The molecule has 0 amide bonds. The number of rotatable bonds is 24. The van der Waals surface area contributed by atoms with Crippen LogP contribution in [0.15, 0.2) is 0 Å². The number of unbranched alkanes of at least 4 members (excludes halogenated alkanes) is 16. The Kier molecular flexibility index (Phi) is 19.4. The molecule has 2 rings (SSSR count). The Morgan fingerprint density at radius 2 is 0.829 bits per heavy atom. The van der Waals surface area contributed by atoms with Crippen LogP contribution in [0.2, 0.25) is 0 Å². The van der Waals surface area contributed by atoms with Gasteiger partial charge >= 0.3 is 0 Å². The lowest BCUT2D eigenvalue weighted by atomic mass is 10.1. The largest absolute Gasteiger partial charge is 0.376 e. The Labute approximate surface area is 217 Å². The monoisotopic (exact) mass is 498 g/mol. The van der Waals surface area contributed by atoms with Gasteiger partial charge in [0, 0.05) is 0 Å². The molecule has 0 aromatic heterocycles. The summed E-state index contributed by atoms with van der Waals surface area (Å²) in [5.74, 6) is 0. The highest BCUT2D eigenvalue weighted by Gasteiger charge is 2.28. The summed E-state index contributed by atoms with van der Waals surface area (Å²) in [5, 5.41) is 0. The minimum Gasteiger partial charge on any atom is -0.376 e. The van der Waals surface area contributed by atoms with Crippen LogP contribution >= 0.6 is 0 Å². The van der Waals surface area contributed by atoms with E-state index in [4.69, 9.17) is 23.7 Å². The molecule has 2 fully saturated rings. The van der Waals surface area contributed by atoms with E-state index in [0.717, 1.165) is 12.8 Å². The average Bonchev–Trinajstić information content (AvgIpc) is 3.51. The second-order valence-corrected chi connectivity index (χ2v) is 10.8. The lowest BCUT2D eigenvalue weighted by molar-refractivity contribution is -0.0923. The normalized spacial score (nSPS) is 24.5. The molecule has 0 bridgehead atoms. The molecule has 0 aromatic carbocycles. The van der Waals surface area contributed by atoms with E-state index in [-0.39, 0.29) is 24.8 Å². The van der Waals surface area contributed by atoms with E-state index in [1.54, 1.807) is 0 Å². The molecule has 208 valence electrons. The molecule has 2 aliphatic rings. The molecule has 35 heavy (non-hydrogen) atoms. The van der Waals surface area contributed by atoms with Gasteiger partial charge in [-0.25, -0.2) is 0 Å². The van der Waals surface area contributed by atoms with Gasteiger partial charge in [0.25, 0.3) is 0 Å². The van der Waals surface area contributed by atoms with Crippen LogP contribution in [0.1, 0.15) is 142 Å². The zero-order valence-electron chi connectivity index (χ0n) is 23.3. The topological polar surface area (TPSA) is 46.2 Å². The summed E-state index contributed by atoms with van der Waals surface area (Å²) in [6, 6.07) is 0. The van der Waals surface area contributed by atoms with E-state index in [1.807, 2.05) is 0 Å². The van der Waals surface area contributed by atoms with Gasteiger partial charge in [0.2, 0.25) is 0 Å². The van der Waals surface area contributed by atoms with Crippen molar-refractivity contribution in [3.05, 3.63) is 0 Å². The molecule has 0 spiro atoms. The highest BCUT2D eigenvalue weighted by molar-refractivity contribution is 4.68. The maximum Gasteiger partial charge on any atom is 0.158 e. The Morgan fingerprint density at radius 1 is 0.486 bits per heavy atom. The van der Waals surface area contributed by atoms with Crippen molar-refractivity contribution in [1.82, 2.24) is 0 Å². The van der Waals surface area contributed by atoms with E-state index in [2.05, 4.69) is 13.8 Å². The second kappa shape index (κ2) is 21.8. The number of hydrogen-bond acceptors (Lipinski definition) is 5. The fourth-order valence-electron chi connectivity index (χ4n) is 5.07. The minimum atomic E-state index is -0.0417. The van der Waals surface area contributed by atoms with Crippen LogP contribution in [0.5, 0.6) is 0 Å². The van der Waals surface area contributed by atoms with Gasteiger partial charge in [-0.15, -0.1) is 0 Å². The van der Waals surface area contributed by atoms with Crippen LogP contribution in [-0.2, 0) is 23.7 Å². The van der Waals surface area contributed by atoms with Crippen molar-refractivity contribution >= 4 is 0 Å². The lowest BCUT2D eigenvalue weighted by Gasteiger charge is -2.14. The summed E-state index contributed by atoms with van der Waals surface area (Å²) in [7, 11) is 0. The molecule has 0 N–H and O–H groups in total. The molecule has 0 saturated carbocycles. The van der Waals surface area contributed by atoms with Crippen LogP contribution in [0.25, 0.3) is 0 Å². The third-order valence-electron chi connectivity index (χ3n) is 7.32. The van der Waals surface area contributed by atoms with Crippen LogP contribution in [0, 0.1) is 0 Å². The SMILES string of the molecule is CCCCCCCCCCCC1OCC(COCC2COC(CCCCCCCCCCC)O2)O1. The van der Waals surface area contributed by atoms with Gasteiger partial charge < -0.3 is 23.7 Å². The van der Waals surface area contributed by atoms with Gasteiger partial charge in [-0.05, 0) is 25.7 Å². The van der Waals surface area contributed by atoms with E-state index in [0.29, 0.717) is 26.4 Å². The Bertz CT molecular complexity index is 420. The van der Waals surface area contributed by atoms with Crippen molar-refractivity contribution in [1.29, 1.82) is 0 Å². The maximum atomic E-state index is 6.01. The fraction of sp³-hybridized carbons (Fsp3) is 1.00. The molecular weight excluding hydrogens is 440 g/mol. The number of hydrogen-bond donors (Lipinski definition) is 0. The fourth-order valence-corrected chi connectivity index (χ4v) is 5.07. The first-order valence-electron chi connectivity index (χ1n) is 15.4. The minimum absolute atomic E-state index is 0.0417.